The minimum atomic E-state index is 0.0221. The molecule has 1 aromatic carbocycles. The number of aromatic nitrogens is 1. The quantitative estimate of drug-likeness (QED) is 0.760. The Balaban J connectivity index is 2.12. The van der Waals surface area contributed by atoms with Gasteiger partial charge >= 0.3 is 0 Å². The molecule has 0 aliphatic carbocycles. The van der Waals surface area contributed by atoms with Crippen molar-refractivity contribution in [1.82, 2.24) is 10.3 Å². The molecule has 0 saturated heterocycles. The standard InChI is InChI=1S/C17H23N3/c1-2-7-17(18)20-16(15-10-6-11-19-13-15)12-14-8-4-3-5-9-14/h3-6,8-11,13,16-17,20H,2,7,12,18H2,1H3. The molecule has 1 aromatic heterocycles. The van der Waals surface area contributed by atoms with Crippen molar-refractivity contribution < 1.29 is 0 Å². The average Bonchev–Trinajstić information content (AvgIpc) is 2.49. The third-order valence-electron chi connectivity index (χ3n) is 3.38. The molecule has 20 heavy (non-hydrogen) atoms. The maximum absolute atomic E-state index is 6.14. The van der Waals surface area contributed by atoms with Gasteiger partial charge in [0, 0.05) is 18.4 Å². The van der Waals surface area contributed by atoms with Crippen LogP contribution in [-0.4, -0.2) is 11.1 Å². The summed E-state index contributed by atoms with van der Waals surface area (Å²) in [7, 11) is 0. The highest BCUT2D eigenvalue weighted by Gasteiger charge is 2.15. The molecular weight excluding hydrogens is 246 g/mol. The average molecular weight is 269 g/mol. The van der Waals surface area contributed by atoms with Crippen LogP contribution in [0.15, 0.2) is 54.9 Å². The number of hydrogen-bond acceptors (Lipinski definition) is 3. The molecule has 2 atom stereocenters. The van der Waals surface area contributed by atoms with Crippen molar-refractivity contribution in [3.05, 3.63) is 66.0 Å². The van der Waals surface area contributed by atoms with Gasteiger partial charge in [-0.2, -0.15) is 0 Å². The van der Waals surface area contributed by atoms with Crippen molar-refractivity contribution in [3.63, 3.8) is 0 Å². The smallest absolute Gasteiger partial charge is 0.0551 e. The van der Waals surface area contributed by atoms with Crippen molar-refractivity contribution in [2.75, 3.05) is 0 Å². The number of nitrogens with zero attached hydrogens (tertiary/aromatic N) is 1. The van der Waals surface area contributed by atoms with E-state index in [2.05, 4.69) is 47.6 Å². The third-order valence-corrected chi connectivity index (χ3v) is 3.38. The summed E-state index contributed by atoms with van der Waals surface area (Å²) in [6.45, 7) is 2.15. The van der Waals surface area contributed by atoms with Crippen molar-refractivity contribution >= 4 is 0 Å². The second-order valence-electron chi connectivity index (χ2n) is 5.09. The van der Waals surface area contributed by atoms with Gasteiger partial charge in [0.2, 0.25) is 0 Å². The van der Waals surface area contributed by atoms with E-state index in [1.807, 2.05) is 18.3 Å². The van der Waals surface area contributed by atoms with Crippen molar-refractivity contribution in [3.8, 4) is 0 Å². The second-order valence-corrected chi connectivity index (χ2v) is 5.09. The first kappa shape index (κ1) is 14.7. The Morgan fingerprint density at radius 2 is 1.95 bits per heavy atom. The summed E-state index contributed by atoms with van der Waals surface area (Å²) in [4.78, 5) is 4.22. The van der Waals surface area contributed by atoms with Crippen molar-refractivity contribution in [1.29, 1.82) is 0 Å². The lowest BCUT2D eigenvalue weighted by atomic mass is 9.99. The van der Waals surface area contributed by atoms with Crippen molar-refractivity contribution in [2.45, 2.75) is 38.4 Å². The molecule has 3 N–H and O–H groups in total. The summed E-state index contributed by atoms with van der Waals surface area (Å²) in [5, 5.41) is 3.52. The van der Waals surface area contributed by atoms with E-state index in [9.17, 15) is 0 Å². The molecule has 0 bridgehead atoms. The Labute approximate surface area is 121 Å². The molecule has 3 heteroatoms. The Morgan fingerprint density at radius 3 is 2.60 bits per heavy atom. The Hall–Kier alpha value is -1.71. The van der Waals surface area contributed by atoms with Crippen LogP contribution >= 0.6 is 0 Å². The SMILES string of the molecule is CCCC(N)NC(Cc1ccccc1)c1cccnc1. The Morgan fingerprint density at radius 1 is 1.15 bits per heavy atom. The monoisotopic (exact) mass is 269 g/mol. The van der Waals surface area contributed by atoms with E-state index in [1.165, 1.54) is 11.1 Å². The lowest BCUT2D eigenvalue weighted by Crippen LogP contribution is -2.40. The third kappa shape index (κ3) is 4.44. The molecule has 3 nitrogen and oxygen atoms in total. The van der Waals surface area contributed by atoms with Gasteiger partial charge in [0.15, 0.2) is 0 Å². The summed E-state index contributed by atoms with van der Waals surface area (Å²) in [6.07, 6.45) is 6.72. The molecule has 2 unspecified atom stereocenters. The molecular formula is C17H23N3. The predicted octanol–water partition coefficient (Wildman–Crippen LogP) is 3.04. The van der Waals surface area contributed by atoms with Crippen LogP contribution in [0.1, 0.15) is 36.9 Å². The highest BCUT2D eigenvalue weighted by atomic mass is 15.0. The highest BCUT2D eigenvalue weighted by Crippen LogP contribution is 2.18. The summed E-state index contributed by atoms with van der Waals surface area (Å²) >= 11 is 0. The van der Waals surface area contributed by atoms with E-state index in [4.69, 9.17) is 5.73 Å². The molecule has 106 valence electrons. The van der Waals surface area contributed by atoms with Gasteiger partial charge in [-0.15, -0.1) is 0 Å². The van der Waals surface area contributed by atoms with Gasteiger partial charge in [-0.3, -0.25) is 10.3 Å². The normalized spacial score (nSPS) is 13.9. The van der Waals surface area contributed by atoms with Crippen molar-refractivity contribution in [2.24, 2.45) is 5.73 Å². The van der Waals surface area contributed by atoms with E-state index < -0.39 is 0 Å². The zero-order valence-electron chi connectivity index (χ0n) is 12.0. The van der Waals surface area contributed by atoms with Crippen LogP contribution in [-0.2, 0) is 6.42 Å². The van der Waals surface area contributed by atoms with Crippen LogP contribution in [0.5, 0.6) is 0 Å². The minimum absolute atomic E-state index is 0.0221. The van der Waals surface area contributed by atoms with E-state index in [1.54, 1.807) is 6.20 Å². The molecule has 0 spiro atoms. The summed E-state index contributed by atoms with van der Waals surface area (Å²) < 4.78 is 0. The van der Waals surface area contributed by atoms with Gasteiger partial charge < -0.3 is 5.73 Å². The molecule has 2 aromatic rings. The Kier molecular flexibility index (Phi) is 5.71. The molecule has 2 rings (SSSR count). The predicted molar refractivity (Wildman–Crippen MR) is 83.1 cm³/mol. The van der Waals surface area contributed by atoms with Gasteiger partial charge in [0.25, 0.3) is 0 Å². The number of pyridine rings is 1. The first-order chi connectivity index (χ1) is 9.79. The van der Waals surface area contributed by atoms with Crippen LogP contribution in [0.4, 0.5) is 0 Å². The first-order valence-electron chi connectivity index (χ1n) is 7.25. The van der Waals surface area contributed by atoms with Gasteiger partial charge in [0.1, 0.15) is 0 Å². The molecule has 0 saturated carbocycles. The molecule has 0 aliphatic rings. The molecule has 0 aliphatic heterocycles. The van der Waals surface area contributed by atoms with Gasteiger partial charge in [-0.1, -0.05) is 49.7 Å². The van der Waals surface area contributed by atoms with Crippen LogP contribution < -0.4 is 11.1 Å². The number of benzene rings is 1. The largest absolute Gasteiger partial charge is 0.316 e. The van der Waals surface area contributed by atoms with E-state index in [-0.39, 0.29) is 12.2 Å². The highest BCUT2D eigenvalue weighted by molar-refractivity contribution is 5.21. The molecule has 0 radical (unpaired) electrons. The fourth-order valence-corrected chi connectivity index (χ4v) is 2.36. The zero-order chi connectivity index (χ0) is 14.2. The van der Waals surface area contributed by atoms with Gasteiger partial charge in [-0.05, 0) is 30.0 Å². The van der Waals surface area contributed by atoms with E-state index in [0.29, 0.717) is 0 Å². The fourth-order valence-electron chi connectivity index (χ4n) is 2.36. The number of rotatable bonds is 7. The van der Waals surface area contributed by atoms with E-state index >= 15 is 0 Å². The maximum Gasteiger partial charge on any atom is 0.0551 e. The summed E-state index contributed by atoms with van der Waals surface area (Å²) in [5.74, 6) is 0. The van der Waals surface area contributed by atoms with Gasteiger partial charge in [0.05, 0.1) is 6.17 Å². The molecule has 1 heterocycles. The topological polar surface area (TPSA) is 50.9 Å². The lowest BCUT2D eigenvalue weighted by molar-refractivity contribution is 0.416. The summed E-state index contributed by atoms with van der Waals surface area (Å²) in [5.41, 5.74) is 8.63. The van der Waals surface area contributed by atoms with E-state index in [0.717, 1.165) is 19.3 Å². The second kappa shape index (κ2) is 7.78. The number of nitrogens with one attached hydrogen (secondary N) is 1. The minimum Gasteiger partial charge on any atom is -0.316 e. The maximum atomic E-state index is 6.14. The number of hydrogen-bond donors (Lipinski definition) is 2. The van der Waals surface area contributed by atoms with Crippen LogP contribution in [0, 0.1) is 0 Å². The van der Waals surface area contributed by atoms with Crippen LogP contribution in [0.2, 0.25) is 0 Å². The number of nitrogens with two attached hydrogens (primary N) is 1. The Bertz CT molecular complexity index is 484. The molecule has 0 amide bonds. The van der Waals surface area contributed by atoms with Crippen LogP contribution in [0.3, 0.4) is 0 Å². The zero-order valence-corrected chi connectivity index (χ0v) is 12.0. The summed E-state index contributed by atoms with van der Waals surface area (Å²) in [6, 6.07) is 14.8. The first-order valence-corrected chi connectivity index (χ1v) is 7.25. The fraction of sp³-hybridized carbons (Fsp3) is 0.353. The molecule has 0 fully saturated rings. The van der Waals surface area contributed by atoms with Gasteiger partial charge in [-0.25, -0.2) is 0 Å². The van der Waals surface area contributed by atoms with Crippen LogP contribution in [0.25, 0.3) is 0 Å². The lowest BCUT2D eigenvalue weighted by Gasteiger charge is -2.23.